The van der Waals surface area contributed by atoms with Crippen molar-refractivity contribution in [1.29, 1.82) is 0 Å². The van der Waals surface area contributed by atoms with E-state index in [0.29, 0.717) is 5.92 Å². The van der Waals surface area contributed by atoms with Crippen LogP contribution in [0.1, 0.15) is 48.7 Å². The van der Waals surface area contributed by atoms with Crippen LogP contribution >= 0.6 is 11.3 Å². The molecule has 29 heavy (non-hydrogen) atoms. The van der Waals surface area contributed by atoms with Crippen LogP contribution in [0.2, 0.25) is 0 Å². The van der Waals surface area contributed by atoms with Gasteiger partial charge in [0.2, 0.25) is 0 Å². The first kappa shape index (κ1) is 19.3. The summed E-state index contributed by atoms with van der Waals surface area (Å²) >= 11 is 1.60. The molecule has 0 amide bonds. The highest BCUT2D eigenvalue weighted by atomic mass is 32.1. The molecule has 0 saturated heterocycles. The number of carbonyl (C=O) groups is 1. The number of aromatic nitrogens is 3. The number of hydrogen-bond donors (Lipinski definition) is 1. The van der Waals surface area contributed by atoms with Crippen LogP contribution in [0, 0.1) is 5.92 Å². The van der Waals surface area contributed by atoms with Crippen molar-refractivity contribution in [1.82, 2.24) is 14.5 Å². The van der Waals surface area contributed by atoms with Gasteiger partial charge in [-0.2, -0.15) is 0 Å². The summed E-state index contributed by atoms with van der Waals surface area (Å²) in [5.41, 5.74) is 3.29. The highest BCUT2D eigenvalue weighted by Gasteiger charge is 2.23. The van der Waals surface area contributed by atoms with E-state index >= 15 is 0 Å². The molecule has 1 unspecified atom stereocenters. The first-order valence-electron chi connectivity index (χ1n) is 9.82. The molecular weight excluding hydrogens is 382 g/mol. The molecule has 4 aromatic rings. The SMILES string of the molecule is CCC(CC)C(c1ccc2nc(-c3cccc(C(=O)O)c3)sc2c1)n1ccnc1. The quantitative estimate of drug-likeness (QED) is 0.417. The molecule has 0 spiro atoms. The fourth-order valence-corrected chi connectivity index (χ4v) is 4.90. The third kappa shape index (κ3) is 3.80. The van der Waals surface area contributed by atoms with E-state index in [1.165, 1.54) is 5.56 Å². The zero-order chi connectivity index (χ0) is 20.4. The fourth-order valence-electron chi connectivity index (χ4n) is 3.89. The second-order valence-corrected chi connectivity index (χ2v) is 8.19. The predicted molar refractivity (Wildman–Crippen MR) is 116 cm³/mol. The summed E-state index contributed by atoms with van der Waals surface area (Å²) in [4.78, 5) is 20.3. The Kier molecular flexibility index (Phi) is 5.45. The molecule has 2 heterocycles. The van der Waals surface area contributed by atoms with Gasteiger partial charge in [-0.15, -0.1) is 11.3 Å². The molecule has 5 nitrogen and oxygen atoms in total. The van der Waals surface area contributed by atoms with Crippen molar-refractivity contribution in [2.24, 2.45) is 5.92 Å². The number of carboxylic acid groups (broad SMARTS) is 1. The lowest BCUT2D eigenvalue weighted by Gasteiger charge is -2.27. The number of imidazole rings is 1. The molecule has 1 atom stereocenters. The van der Waals surface area contributed by atoms with Crippen LogP contribution in [0.25, 0.3) is 20.8 Å². The average Bonchev–Trinajstić information content (AvgIpc) is 3.41. The van der Waals surface area contributed by atoms with Gasteiger partial charge in [0.15, 0.2) is 0 Å². The van der Waals surface area contributed by atoms with Gasteiger partial charge in [-0.1, -0.05) is 44.9 Å². The van der Waals surface area contributed by atoms with E-state index in [1.807, 2.05) is 24.8 Å². The van der Waals surface area contributed by atoms with Crippen molar-refractivity contribution in [2.45, 2.75) is 32.7 Å². The van der Waals surface area contributed by atoms with E-state index in [4.69, 9.17) is 4.98 Å². The highest BCUT2D eigenvalue weighted by molar-refractivity contribution is 7.21. The Morgan fingerprint density at radius 2 is 2.00 bits per heavy atom. The Bertz CT molecular complexity index is 1130. The Morgan fingerprint density at radius 1 is 1.17 bits per heavy atom. The van der Waals surface area contributed by atoms with Crippen molar-refractivity contribution in [3.63, 3.8) is 0 Å². The van der Waals surface area contributed by atoms with Crippen LogP contribution in [-0.2, 0) is 0 Å². The van der Waals surface area contributed by atoms with Gasteiger partial charge in [0.25, 0.3) is 0 Å². The van der Waals surface area contributed by atoms with Gasteiger partial charge in [0, 0.05) is 18.0 Å². The van der Waals surface area contributed by atoms with E-state index in [2.05, 4.69) is 41.6 Å². The van der Waals surface area contributed by atoms with Gasteiger partial charge in [0.05, 0.1) is 28.1 Å². The smallest absolute Gasteiger partial charge is 0.335 e. The Hall–Kier alpha value is -2.99. The lowest BCUT2D eigenvalue weighted by molar-refractivity contribution is 0.0697. The number of rotatable bonds is 7. The van der Waals surface area contributed by atoms with Crippen molar-refractivity contribution in [2.75, 3.05) is 0 Å². The van der Waals surface area contributed by atoms with E-state index in [0.717, 1.165) is 33.6 Å². The molecule has 6 heteroatoms. The molecule has 1 N–H and O–H groups in total. The first-order valence-corrected chi connectivity index (χ1v) is 10.6. The lowest BCUT2D eigenvalue weighted by Crippen LogP contribution is -2.18. The maximum Gasteiger partial charge on any atom is 0.335 e. The van der Waals surface area contributed by atoms with Crippen molar-refractivity contribution in [3.8, 4) is 10.6 Å². The standard InChI is InChI=1S/C23H23N3O2S/c1-3-15(4-2)21(26-11-10-24-14-26)16-8-9-19-20(13-16)29-22(25-19)17-6-5-7-18(12-17)23(27)28/h5-15,21H,3-4H2,1-2H3,(H,27,28). The summed E-state index contributed by atoms with van der Waals surface area (Å²) in [5.74, 6) is -0.412. The van der Waals surface area contributed by atoms with Crippen molar-refractivity contribution >= 4 is 27.5 Å². The average molecular weight is 406 g/mol. The molecule has 2 aromatic heterocycles. The molecule has 0 radical (unpaired) electrons. The topological polar surface area (TPSA) is 68.0 Å². The highest BCUT2D eigenvalue weighted by Crippen LogP contribution is 2.36. The summed E-state index contributed by atoms with van der Waals surface area (Å²) in [5, 5.41) is 10.1. The summed E-state index contributed by atoms with van der Waals surface area (Å²) in [6, 6.07) is 13.6. The van der Waals surface area contributed by atoms with Crippen LogP contribution < -0.4 is 0 Å². The van der Waals surface area contributed by atoms with Crippen LogP contribution in [-0.4, -0.2) is 25.6 Å². The summed E-state index contributed by atoms with van der Waals surface area (Å²) in [7, 11) is 0. The Labute approximate surface area is 173 Å². The number of thiazole rings is 1. The second kappa shape index (κ2) is 8.17. The van der Waals surface area contributed by atoms with Crippen LogP contribution in [0.5, 0.6) is 0 Å². The lowest BCUT2D eigenvalue weighted by atomic mass is 9.88. The monoisotopic (exact) mass is 405 g/mol. The fraction of sp³-hybridized carbons (Fsp3) is 0.261. The minimum absolute atomic E-state index is 0.234. The summed E-state index contributed by atoms with van der Waals surface area (Å²) < 4.78 is 3.30. The summed E-state index contributed by atoms with van der Waals surface area (Å²) in [6.07, 6.45) is 7.93. The maximum atomic E-state index is 11.3. The zero-order valence-electron chi connectivity index (χ0n) is 16.4. The van der Waals surface area contributed by atoms with Gasteiger partial charge in [0.1, 0.15) is 5.01 Å². The summed E-state index contributed by atoms with van der Waals surface area (Å²) in [6.45, 7) is 4.47. The Balaban J connectivity index is 1.76. The number of benzene rings is 2. The van der Waals surface area contributed by atoms with Crippen LogP contribution in [0.15, 0.2) is 61.2 Å². The Morgan fingerprint density at radius 3 is 2.69 bits per heavy atom. The molecule has 2 aromatic carbocycles. The minimum Gasteiger partial charge on any atom is -0.478 e. The minimum atomic E-state index is -0.927. The molecule has 0 aliphatic heterocycles. The normalized spacial score (nSPS) is 12.5. The van der Waals surface area contributed by atoms with Crippen LogP contribution in [0.3, 0.4) is 0 Å². The number of fused-ring (bicyclic) bond motifs is 1. The largest absolute Gasteiger partial charge is 0.478 e. The third-order valence-electron chi connectivity index (χ3n) is 5.45. The van der Waals surface area contributed by atoms with Crippen LogP contribution in [0.4, 0.5) is 0 Å². The molecule has 0 bridgehead atoms. The molecule has 0 aliphatic rings. The number of hydrogen-bond acceptors (Lipinski definition) is 4. The van der Waals surface area contributed by atoms with Crippen molar-refractivity contribution in [3.05, 3.63) is 72.3 Å². The van der Waals surface area contributed by atoms with Crippen molar-refractivity contribution < 1.29 is 9.90 Å². The first-order chi connectivity index (χ1) is 14.1. The predicted octanol–water partition coefficient (Wildman–Crippen LogP) is 5.88. The van der Waals surface area contributed by atoms with Gasteiger partial charge in [-0.25, -0.2) is 14.8 Å². The third-order valence-corrected chi connectivity index (χ3v) is 6.52. The zero-order valence-corrected chi connectivity index (χ0v) is 17.3. The second-order valence-electron chi connectivity index (χ2n) is 7.16. The maximum absolute atomic E-state index is 11.3. The molecule has 0 fully saturated rings. The van der Waals surface area contributed by atoms with E-state index < -0.39 is 5.97 Å². The molecular formula is C23H23N3O2S. The molecule has 0 saturated carbocycles. The van der Waals surface area contributed by atoms with Gasteiger partial charge < -0.3 is 9.67 Å². The van der Waals surface area contributed by atoms with Gasteiger partial charge in [-0.05, 0) is 35.7 Å². The number of nitrogens with zero attached hydrogens (tertiary/aromatic N) is 3. The number of aromatic carboxylic acids is 1. The number of carboxylic acids is 1. The molecule has 148 valence electrons. The molecule has 0 aliphatic carbocycles. The van der Waals surface area contributed by atoms with E-state index in [9.17, 15) is 9.90 Å². The molecule has 4 rings (SSSR count). The van der Waals surface area contributed by atoms with Gasteiger partial charge >= 0.3 is 5.97 Å². The van der Waals surface area contributed by atoms with E-state index in [-0.39, 0.29) is 11.6 Å². The van der Waals surface area contributed by atoms with Gasteiger partial charge in [-0.3, -0.25) is 0 Å². The van der Waals surface area contributed by atoms with E-state index in [1.54, 1.807) is 29.5 Å².